The molecule has 0 fully saturated rings. The van der Waals surface area contributed by atoms with Gasteiger partial charge < -0.3 is 9.47 Å². The molecule has 0 aliphatic carbocycles. The second-order valence-corrected chi connectivity index (χ2v) is 7.43. The van der Waals surface area contributed by atoms with Crippen molar-refractivity contribution >= 4 is 17.7 Å². The van der Waals surface area contributed by atoms with E-state index in [4.69, 9.17) is 0 Å². The van der Waals surface area contributed by atoms with Gasteiger partial charge in [0.1, 0.15) is 11.5 Å². The fraction of sp³-hybridized carbons (Fsp3) is 0.286. The summed E-state index contributed by atoms with van der Waals surface area (Å²) in [4.78, 5) is 35.7. The van der Waals surface area contributed by atoms with E-state index in [9.17, 15) is 75.8 Å². The molecule has 0 spiro atoms. The second kappa shape index (κ2) is 10.2. The van der Waals surface area contributed by atoms with Gasteiger partial charge in [-0.25, -0.2) is 9.59 Å². The maximum Gasteiger partial charge on any atom is 0.460 e. The van der Waals surface area contributed by atoms with Crippen LogP contribution in [0.2, 0.25) is 0 Å². The summed E-state index contributed by atoms with van der Waals surface area (Å²) in [7, 11) is 0. The van der Waals surface area contributed by atoms with Gasteiger partial charge in [-0.2, -0.15) is 61.5 Å². The summed E-state index contributed by atoms with van der Waals surface area (Å²) in [6, 6.07) is 5.94. The molecule has 0 aliphatic rings. The first-order valence-corrected chi connectivity index (χ1v) is 9.72. The van der Waals surface area contributed by atoms with Crippen LogP contribution in [0, 0.1) is 0 Å². The zero-order chi connectivity index (χ0) is 31.1. The lowest BCUT2D eigenvalue weighted by atomic mass is 10.0. The van der Waals surface area contributed by atoms with Gasteiger partial charge in [0.05, 0.1) is 5.56 Å². The van der Waals surface area contributed by atoms with Gasteiger partial charge in [0.25, 0.3) is 0 Å². The Morgan fingerprint density at radius 1 is 0.550 bits per heavy atom. The van der Waals surface area contributed by atoms with Crippen molar-refractivity contribution in [3.63, 3.8) is 0 Å². The quantitative estimate of drug-likeness (QED) is 0.151. The fourth-order valence-corrected chi connectivity index (χ4v) is 2.53. The van der Waals surface area contributed by atoms with Crippen LogP contribution in [0.25, 0.3) is 0 Å². The lowest BCUT2D eigenvalue weighted by Gasteiger charge is -2.27. The molecule has 0 unspecified atom stereocenters. The standard InChI is InChI=1S/C21H8F14O5/c22-16(23,18(26,27)20(30,31)32)14(37)39-10-6-7-11(13(36)9-4-2-1-3-5-9)12(8-10)40-15(38)17(24,25)19(28,29)21(33,34)35/h1-8H. The summed E-state index contributed by atoms with van der Waals surface area (Å²) >= 11 is 0. The number of benzene rings is 2. The highest BCUT2D eigenvalue weighted by Gasteiger charge is 2.78. The van der Waals surface area contributed by atoms with Gasteiger partial charge in [-0.05, 0) is 12.1 Å². The number of alkyl halides is 14. The van der Waals surface area contributed by atoms with Gasteiger partial charge in [-0.1, -0.05) is 30.3 Å². The molecule has 0 atom stereocenters. The van der Waals surface area contributed by atoms with Gasteiger partial charge in [0.2, 0.25) is 0 Å². The van der Waals surface area contributed by atoms with E-state index in [0.717, 1.165) is 12.1 Å². The van der Waals surface area contributed by atoms with Crippen molar-refractivity contribution in [2.75, 3.05) is 0 Å². The van der Waals surface area contributed by atoms with Crippen LogP contribution in [-0.2, 0) is 9.59 Å². The van der Waals surface area contributed by atoms with E-state index >= 15 is 0 Å². The van der Waals surface area contributed by atoms with Gasteiger partial charge in [-0.15, -0.1) is 0 Å². The topological polar surface area (TPSA) is 69.7 Å². The summed E-state index contributed by atoms with van der Waals surface area (Å²) in [5, 5.41) is 0. The monoisotopic (exact) mass is 606 g/mol. The van der Waals surface area contributed by atoms with Gasteiger partial charge >= 0.3 is 48.0 Å². The lowest BCUT2D eigenvalue weighted by Crippen LogP contribution is -2.57. The van der Waals surface area contributed by atoms with Crippen LogP contribution < -0.4 is 9.47 Å². The molecule has 0 amide bonds. The van der Waals surface area contributed by atoms with Crippen LogP contribution in [0.3, 0.4) is 0 Å². The molecule has 220 valence electrons. The Hall–Kier alpha value is -3.93. The summed E-state index contributed by atoms with van der Waals surface area (Å²) in [5.41, 5.74) is -1.55. The van der Waals surface area contributed by atoms with Crippen LogP contribution in [-0.4, -0.2) is 53.8 Å². The van der Waals surface area contributed by atoms with E-state index in [1.165, 1.54) is 18.2 Å². The van der Waals surface area contributed by atoms with E-state index in [-0.39, 0.29) is 18.2 Å². The first-order valence-electron chi connectivity index (χ1n) is 9.72. The smallest absolute Gasteiger partial charge is 0.422 e. The molecule has 0 saturated heterocycles. The number of carbonyl (C=O) groups is 3. The summed E-state index contributed by atoms with van der Waals surface area (Å²) in [5.74, 6) is -39.5. The minimum atomic E-state index is -7.07. The van der Waals surface area contributed by atoms with Crippen LogP contribution in [0.4, 0.5) is 61.5 Å². The molecule has 0 aromatic heterocycles. The Balaban J connectivity index is 2.58. The van der Waals surface area contributed by atoms with Gasteiger partial charge in [-0.3, -0.25) is 4.79 Å². The van der Waals surface area contributed by atoms with Crippen molar-refractivity contribution in [2.24, 2.45) is 0 Å². The van der Waals surface area contributed by atoms with Crippen LogP contribution in [0.1, 0.15) is 15.9 Å². The molecule has 19 heteroatoms. The van der Waals surface area contributed by atoms with Crippen LogP contribution in [0.5, 0.6) is 11.5 Å². The van der Waals surface area contributed by atoms with Crippen molar-refractivity contribution in [3.05, 3.63) is 59.7 Å². The van der Waals surface area contributed by atoms with Crippen molar-refractivity contribution in [1.29, 1.82) is 0 Å². The van der Waals surface area contributed by atoms with Gasteiger partial charge in [0.15, 0.2) is 5.78 Å². The second-order valence-electron chi connectivity index (χ2n) is 7.43. The van der Waals surface area contributed by atoms with E-state index in [1.807, 2.05) is 0 Å². The highest BCUT2D eigenvalue weighted by atomic mass is 19.4. The van der Waals surface area contributed by atoms with E-state index in [2.05, 4.69) is 9.47 Å². The summed E-state index contributed by atoms with van der Waals surface area (Å²) in [6.45, 7) is 0. The largest absolute Gasteiger partial charge is 0.460 e. The molecule has 2 rings (SSSR count). The third-order valence-electron chi connectivity index (χ3n) is 4.66. The van der Waals surface area contributed by atoms with Crippen LogP contribution in [0.15, 0.2) is 48.5 Å². The van der Waals surface area contributed by atoms with Crippen molar-refractivity contribution < 1.29 is 85.3 Å². The first-order chi connectivity index (χ1) is 17.9. The number of ketones is 1. The molecule has 0 radical (unpaired) electrons. The van der Waals surface area contributed by atoms with Crippen molar-refractivity contribution in [3.8, 4) is 11.5 Å². The Labute approximate surface area is 211 Å². The van der Waals surface area contributed by atoms with E-state index in [0.29, 0.717) is 0 Å². The average Bonchev–Trinajstić information content (AvgIpc) is 2.82. The molecule has 2 aromatic carbocycles. The van der Waals surface area contributed by atoms with E-state index < -0.39 is 76.4 Å². The molecule has 0 aliphatic heterocycles. The zero-order valence-corrected chi connectivity index (χ0v) is 18.5. The first kappa shape index (κ1) is 32.3. The highest BCUT2D eigenvalue weighted by molar-refractivity contribution is 6.11. The zero-order valence-electron chi connectivity index (χ0n) is 18.5. The number of hydrogen-bond acceptors (Lipinski definition) is 5. The Morgan fingerprint density at radius 3 is 1.40 bits per heavy atom. The molecule has 5 nitrogen and oxygen atoms in total. The minimum Gasteiger partial charge on any atom is -0.422 e. The normalized spacial score (nSPS) is 13.6. The van der Waals surface area contributed by atoms with Crippen molar-refractivity contribution in [1.82, 2.24) is 0 Å². The van der Waals surface area contributed by atoms with Crippen molar-refractivity contribution in [2.45, 2.75) is 36.0 Å². The molecule has 0 bridgehead atoms. The number of carbonyl (C=O) groups excluding carboxylic acids is 3. The number of hydrogen-bond donors (Lipinski definition) is 0. The Morgan fingerprint density at radius 2 is 0.975 bits per heavy atom. The summed E-state index contributed by atoms with van der Waals surface area (Å²) in [6.07, 6.45) is -14.0. The maximum atomic E-state index is 13.7. The number of halogens is 14. The molecular weight excluding hydrogens is 598 g/mol. The molecule has 2 aromatic rings. The Kier molecular flexibility index (Phi) is 8.26. The fourth-order valence-electron chi connectivity index (χ4n) is 2.53. The molecule has 40 heavy (non-hydrogen) atoms. The molecule has 0 saturated carbocycles. The SMILES string of the molecule is O=C(c1ccccc1)c1ccc(OC(=O)C(F)(F)C(F)(F)C(F)(F)F)cc1OC(=O)C(F)(F)C(F)(F)C(F)(F)F. The van der Waals surface area contributed by atoms with Crippen LogP contribution >= 0.6 is 0 Å². The van der Waals surface area contributed by atoms with E-state index in [1.54, 1.807) is 0 Å². The third-order valence-corrected chi connectivity index (χ3v) is 4.66. The summed E-state index contributed by atoms with van der Waals surface area (Å²) < 4.78 is 189. The highest BCUT2D eigenvalue weighted by Crippen LogP contribution is 2.48. The van der Waals surface area contributed by atoms with Gasteiger partial charge in [0, 0.05) is 11.6 Å². The predicted octanol–water partition coefficient (Wildman–Crippen LogP) is 6.39. The third kappa shape index (κ3) is 5.67. The Bertz CT molecular complexity index is 1280. The maximum absolute atomic E-state index is 13.7. The number of ether oxygens (including phenoxy) is 2. The molecular formula is C21H8F14O5. The number of rotatable bonds is 8. The average molecular weight is 606 g/mol. The molecule has 0 N–H and O–H groups in total. The lowest BCUT2D eigenvalue weighted by molar-refractivity contribution is -0.346. The minimum absolute atomic E-state index is 0.204. The number of esters is 2. The predicted molar refractivity (Wildman–Crippen MR) is 99.5 cm³/mol. The molecule has 0 heterocycles.